The summed E-state index contributed by atoms with van der Waals surface area (Å²) in [5.41, 5.74) is 7.54. The Morgan fingerprint density at radius 1 is 1.86 bits per heavy atom. The first-order chi connectivity index (χ1) is 2.77. The van der Waals surface area contributed by atoms with Crippen molar-refractivity contribution in [2.75, 3.05) is 0 Å². The SMILES string of the molecule is [Ag+].[N-]=[N+]=NC(=S)[S-]. The standard InChI is InChI=1S/CHN3S2.Ag/c2-4-3-1(5)6;/h(H,5,6);/q;+1/p-1. The zero-order valence-corrected chi connectivity index (χ0v) is 6.07. The van der Waals surface area contributed by atoms with Gasteiger partial charge in [-0.25, -0.2) is 0 Å². The van der Waals surface area contributed by atoms with Gasteiger partial charge in [0.1, 0.15) is 0 Å². The number of thiocarbonyl (C=S) groups is 1. The molecule has 0 N–H and O–H groups in total. The molecule has 0 fully saturated rings. The third-order valence-corrected chi connectivity index (χ3v) is 0.290. The number of nitrogens with zero attached hydrogens (tertiary/aromatic N) is 3. The molecule has 0 unspecified atom stereocenters. The molecule has 0 aromatic rings. The van der Waals surface area contributed by atoms with Crippen LogP contribution >= 0.6 is 12.2 Å². The predicted octanol–water partition coefficient (Wildman–Crippen LogP) is 1.13. The average Bonchev–Trinajstić information content (AvgIpc) is 1.35. The fourth-order valence-electron chi connectivity index (χ4n) is 0.0365. The molecule has 42 valence electrons. The van der Waals surface area contributed by atoms with Crippen molar-refractivity contribution in [1.29, 1.82) is 0 Å². The van der Waals surface area contributed by atoms with Crippen LogP contribution in [0.4, 0.5) is 0 Å². The van der Waals surface area contributed by atoms with Crippen LogP contribution in [0.5, 0.6) is 0 Å². The number of rotatable bonds is 0. The van der Waals surface area contributed by atoms with Crippen LogP contribution in [0.15, 0.2) is 5.11 Å². The minimum absolute atomic E-state index is 0. The van der Waals surface area contributed by atoms with Crippen LogP contribution in [0.3, 0.4) is 0 Å². The van der Waals surface area contributed by atoms with Crippen molar-refractivity contribution in [1.82, 2.24) is 0 Å². The molecular weight excluding hydrogens is 226 g/mol. The fraction of sp³-hybridized carbons (Fsp3) is 0. The molecule has 0 aliphatic heterocycles. The van der Waals surface area contributed by atoms with E-state index in [4.69, 9.17) is 5.53 Å². The maximum absolute atomic E-state index is 7.54. The van der Waals surface area contributed by atoms with Crippen LogP contribution in [-0.4, -0.2) is 4.32 Å². The Morgan fingerprint density at radius 2 is 2.29 bits per heavy atom. The summed E-state index contributed by atoms with van der Waals surface area (Å²) < 4.78 is -0.0856. The third kappa shape index (κ3) is 10.7. The van der Waals surface area contributed by atoms with E-state index < -0.39 is 0 Å². The first-order valence-corrected chi connectivity index (χ1v) is 1.85. The van der Waals surface area contributed by atoms with Gasteiger partial charge in [-0.05, 0) is 5.53 Å². The van der Waals surface area contributed by atoms with Crippen molar-refractivity contribution in [2.24, 2.45) is 5.11 Å². The van der Waals surface area contributed by atoms with Crippen LogP contribution in [0, 0.1) is 0 Å². The Kier molecular flexibility index (Phi) is 9.42. The number of azide groups is 1. The van der Waals surface area contributed by atoms with E-state index in [1.54, 1.807) is 0 Å². The topological polar surface area (TPSA) is 48.8 Å². The molecule has 0 saturated heterocycles. The van der Waals surface area contributed by atoms with Crippen molar-refractivity contribution < 1.29 is 22.4 Å². The first kappa shape index (κ1) is 10.4. The molecule has 0 aliphatic rings. The van der Waals surface area contributed by atoms with Crippen LogP contribution in [0.25, 0.3) is 10.4 Å². The van der Waals surface area contributed by atoms with E-state index in [-0.39, 0.29) is 26.7 Å². The molecule has 0 radical (unpaired) electrons. The van der Waals surface area contributed by atoms with Gasteiger partial charge >= 0.3 is 22.4 Å². The molecular formula is CAgN3S2. The largest absolute Gasteiger partial charge is 1.00 e. The summed E-state index contributed by atoms with van der Waals surface area (Å²) in [6, 6.07) is 0. The van der Waals surface area contributed by atoms with Crippen molar-refractivity contribution in [3.8, 4) is 0 Å². The minimum Gasteiger partial charge on any atom is -0.427 e. The van der Waals surface area contributed by atoms with Crippen molar-refractivity contribution in [3.05, 3.63) is 10.4 Å². The van der Waals surface area contributed by atoms with Gasteiger partial charge in [-0.2, -0.15) is 0 Å². The second-order valence-electron chi connectivity index (χ2n) is 0.455. The molecule has 0 rings (SSSR count). The molecule has 7 heavy (non-hydrogen) atoms. The maximum atomic E-state index is 7.54. The molecule has 0 spiro atoms. The van der Waals surface area contributed by atoms with Gasteiger partial charge in [0, 0.05) is 4.91 Å². The molecule has 0 bridgehead atoms. The summed E-state index contributed by atoms with van der Waals surface area (Å²) in [5.74, 6) is 0. The van der Waals surface area contributed by atoms with Crippen molar-refractivity contribution in [2.45, 2.75) is 0 Å². The molecule has 0 aliphatic carbocycles. The fourth-order valence-corrected chi connectivity index (χ4v) is 0.110. The zero-order valence-electron chi connectivity index (χ0n) is 2.96. The van der Waals surface area contributed by atoms with Crippen LogP contribution in [-0.2, 0) is 35.0 Å². The monoisotopic (exact) mass is 225 g/mol. The smallest absolute Gasteiger partial charge is 0.427 e. The average molecular weight is 226 g/mol. The van der Waals surface area contributed by atoms with Crippen molar-refractivity contribution >= 4 is 29.2 Å². The molecule has 0 heterocycles. The van der Waals surface area contributed by atoms with Crippen LogP contribution < -0.4 is 0 Å². The Balaban J connectivity index is 0. The molecule has 3 nitrogen and oxygen atoms in total. The summed E-state index contributed by atoms with van der Waals surface area (Å²) in [5, 5.41) is 2.85. The predicted molar refractivity (Wildman–Crippen MR) is 29.1 cm³/mol. The molecule has 0 saturated carbocycles. The molecule has 0 aromatic heterocycles. The molecule has 0 amide bonds. The van der Waals surface area contributed by atoms with Gasteiger partial charge in [-0.15, -0.1) is 0 Å². The Hall–Kier alpha value is 0.360. The van der Waals surface area contributed by atoms with Gasteiger partial charge in [0.2, 0.25) is 0 Å². The number of hydrogen-bond donors (Lipinski definition) is 0. The van der Waals surface area contributed by atoms with E-state index in [0.29, 0.717) is 0 Å². The van der Waals surface area contributed by atoms with Crippen LogP contribution in [0.1, 0.15) is 0 Å². The van der Waals surface area contributed by atoms with E-state index in [1.807, 2.05) is 0 Å². The normalized spacial score (nSPS) is 5.14. The minimum atomic E-state index is -0.0856. The number of hydrogen-bond acceptors (Lipinski definition) is 2. The van der Waals surface area contributed by atoms with Gasteiger partial charge < -0.3 is 24.8 Å². The molecule has 0 atom stereocenters. The summed E-state index contributed by atoms with van der Waals surface area (Å²) in [6.45, 7) is 0. The van der Waals surface area contributed by atoms with Gasteiger partial charge in [0.25, 0.3) is 0 Å². The zero-order chi connectivity index (χ0) is 4.99. The van der Waals surface area contributed by atoms with E-state index in [1.165, 1.54) is 0 Å². The Bertz CT molecular complexity index is 106. The quantitative estimate of drug-likeness (QED) is 0.155. The summed E-state index contributed by atoms with van der Waals surface area (Å²) in [7, 11) is 0. The third-order valence-electron chi connectivity index (χ3n) is 0.126. The van der Waals surface area contributed by atoms with Crippen molar-refractivity contribution in [3.63, 3.8) is 0 Å². The molecule has 0 aromatic carbocycles. The van der Waals surface area contributed by atoms with Crippen LogP contribution in [0.2, 0.25) is 0 Å². The van der Waals surface area contributed by atoms with E-state index in [0.717, 1.165) is 0 Å². The maximum Gasteiger partial charge on any atom is 1.00 e. The van der Waals surface area contributed by atoms with Gasteiger partial charge in [-0.1, -0.05) is 9.43 Å². The summed E-state index contributed by atoms with van der Waals surface area (Å²) in [6.07, 6.45) is 0. The second kappa shape index (κ2) is 6.36. The van der Waals surface area contributed by atoms with Gasteiger partial charge in [-0.3, -0.25) is 0 Å². The van der Waals surface area contributed by atoms with Gasteiger partial charge in [0.15, 0.2) is 0 Å². The van der Waals surface area contributed by atoms with Gasteiger partial charge in [0.05, 0.1) is 0 Å². The Morgan fingerprint density at radius 3 is 2.29 bits per heavy atom. The summed E-state index contributed by atoms with van der Waals surface area (Å²) >= 11 is 8.38. The second-order valence-corrected chi connectivity index (χ2v) is 1.49. The van der Waals surface area contributed by atoms with E-state index in [2.05, 4.69) is 34.9 Å². The first-order valence-electron chi connectivity index (χ1n) is 1.03. The Labute approximate surface area is 67.0 Å². The van der Waals surface area contributed by atoms with E-state index in [9.17, 15) is 0 Å². The van der Waals surface area contributed by atoms with E-state index >= 15 is 0 Å². The molecule has 6 heteroatoms. The summed E-state index contributed by atoms with van der Waals surface area (Å²) in [4.78, 5) is 2.31.